The molecule has 19 heavy (non-hydrogen) atoms. The number of hydrogen-bond acceptors (Lipinski definition) is 4. The minimum absolute atomic E-state index is 0.146. The van der Waals surface area contributed by atoms with Crippen molar-refractivity contribution in [3.63, 3.8) is 0 Å². The van der Waals surface area contributed by atoms with Gasteiger partial charge in [-0.1, -0.05) is 24.2 Å². The molecule has 0 spiro atoms. The zero-order chi connectivity index (χ0) is 14.5. The second kappa shape index (κ2) is 6.48. The molecule has 1 aromatic rings. The van der Waals surface area contributed by atoms with Gasteiger partial charge in [-0.2, -0.15) is 4.31 Å². The fourth-order valence-electron chi connectivity index (χ4n) is 1.54. The van der Waals surface area contributed by atoms with E-state index in [0.29, 0.717) is 6.42 Å². The predicted octanol–water partition coefficient (Wildman–Crippen LogP) is 0.973. The van der Waals surface area contributed by atoms with Gasteiger partial charge < -0.3 is 10.9 Å². The Labute approximate surface area is 111 Å². The number of rotatable bonds is 6. The molecule has 6 nitrogen and oxygen atoms in total. The highest BCUT2D eigenvalue weighted by molar-refractivity contribution is 7.89. The van der Waals surface area contributed by atoms with E-state index in [9.17, 15) is 12.8 Å². The van der Waals surface area contributed by atoms with Crippen LogP contribution in [0.5, 0.6) is 0 Å². The highest BCUT2D eigenvalue weighted by Crippen LogP contribution is 2.18. The molecule has 1 aromatic carbocycles. The molecule has 1 rings (SSSR count). The van der Waals surface area contributed by atoms with Crippen LogP contribution in [0.4, 0.5) is 4.39 Å². The maximum Gasteiger partial charge on any atom is 0.246 e. The Balaban J connectivity index is 3.17. The molecular weight excluding hydrogens is 273 g/mol. The normalized spacial score (nSPS) is 12.9. The van der Waals surface area contributed by atoms with Crippen LogP contribution in [0.25, 0.3) is 0 Å². The van der Waals surface area contributed by atoms with Crippen molar-refractivity contribution in [1.82, 2.24) is 4.31 Å². The van der Waals surface area contributed by atoms with Crippen LogP contribution in [-0.2, 0) is 10.0 Å². The number of nitrogens with two attached hydrogens (primary N) is 1. The van der Waals surface area contributed by atoms with Crippen molar-refractivity contribution in [3.05, 3.63) is 30.1 Å². The third-order valence-electron chi connectivity index (χ3n) is 2.39. The summed E-state index contributed by atoms with van der Waals surface area (Å²) in [4.78, 5) is -0.422. The van der Waals surface area contributed by atoms with E-state index >= 15 is 0 Å². The maximum absolute atomic E-state index is 13.6. The molecule has 106 valence electrons. The van der Waals surface area contributed by atoms with Gasteiger partial charge in [0.2, 0.25) is 10.0 Å². The van der Waals surface area contributed by atoms with Gasteiger partial charge in [0.15, 0.2) is 5.84 Å². The van der Waals surface area contributed by atoms with Gasteiger partial charge in [-0.15, -0.1) is 0 Å². The minimum Gasteiger partial charge on any atom is -0.409 e. The number of sulfonamides is 1. The molecule has 0 bridgehead atoms. The van der Waals surface area contributed by atoms with E-state index in [4.69, 9.17) is 10.9 Å². The van der Waals surface area contributed by atoms with Crippen LogP contribution in [0, 0.1) is 5.82 Å². The summed E-state index contributed by atoms with van der Waals surface area (Å²) in [6.45, 7) is 1.63. The van der Waals surface area contributed by atoms with Crippen LogP contribution in [0.2, 0.25) is 0 Å². The van der Waals surface area contributed by atoms with Crippen LogP contribution in [-0.4, -0.2) is 36.9 Å². The molecule has 0 atom stereocenters. The molecule has 0 unspecified atom stereocenters. The Hall–Kier alpha value is -1.67. The van der Waals surface area contributed by atoms with Crippen LogP contribution in [0.1, 0.15) is 13.3 Å². The monoisotopic (exact) mass is 289 g/mol. The summed E-state index contributed by atoms with van der Waals surface area (Å²) in [7, 11) is -4.01. The lowest BCUT2D eigenvalue weighted by Gasteiger charge is -2.21. The lowest BCUT2D eigenvalue weighted by Crippen LogP contribution is -2.39. The standard InChI is InChI=1S/C11H16FN3O3S/c1-2-7-15(8-11(13)14-16)19(17,18)10-6-4-3-5-9(10)12/h3-6,16H,2,7-8H2,1H3,(H2,13,14). The van der Waals surface area contributed by atoms with Crippen molar-refractivity contribution in [2.24, 2.45) is 10.9 Å². The molecule has 8 heteroatoms. The third kappa shape index (κ3) is 3.65. The first kappa shape index (κ1) is 15.4. The van der Waals surface area contributed by atoms with Crippen molar-refractivity contribution < 1.29 is 18.0 Å². The van der Waals surface area contributed by atoms with Crippen LogP contribution in [0.15, 0.2) is 34.3 Å². The summed E-state index contributed by atoms with van der Waals surface area (Å²) >= 11 is 0. The summed E-state index contributed by atoms with van der Waals surface area (Å²) in [5, 5.41) is 11.2. The Morgan fingerprint density at radius 2 is 2.11 bits per heavy atom. The van der Waals surface area contributed by atoms with Crippen molar-refractivity contribution in [2.45, 2.75) is 18.2 Å². The Morgan fingerprint density at radius 3 is 2.63 bits per heavy atom. The van der Waals surface area contributed by atoms with Crippen molar-refractivity contribution in [3.8, 4) is 0 Å². The van der Waals surface area contributed by atoms with E-state index < -0.39 is 20.7 Å². The Bertz CT molecular complexity index is 560. The number of halogens is 1. The quantitative estimate of drug-likeness (QED) is 0.353. The lowest BCUT2D eigenvalue weighted by atomic mass is 10.3. The summed E-state index contributed by atoms with van der Waals surface area (Å²) in [6.07, 6.45) is 0.520. The molecule has 0 saturated heterocycles. The number of amidine groups is 1. The zero-order valence-corrected chi connectivity index (χ0v) is 11.3. The number of nitrogens with zero attached hydrogens (tertiary/aromatic N) is 2. The molecule has 0 heterocycles. The first-order chi connectivity index (χ1) is 8.93. The maximum atomic E-state index is 13.6. The van der Waals surface area contributed by atoms with E-state index in [1.807, 2.05) is 0 Å². The molecule has 0 aliphatic carbocycles. The molecule has 0 amide bonds. The second-order valence-electron chi connectivity index (χ2n) is 3.86. The van der Waals surface area contributed by atoms with Crippen molar-refractivity contribution in [1.29, 1.82) is 0 Å². The smallest absolute Gasteiger partial charge is 0.246 e. The fraction of sp³-hybridized carbons (Fsp3) is 0.364. The SMILES string of the molecule is CCCN(CC(N)=NO)S(=O)(=O)c1ccccc1F. The van der Waals surface area contributed by atoms with E-state index in [1.54, 1.807) is 6.92 Å². The first-order valence-corrected chi connectivity index (χ1v) is 7.08. The minimum atomic E-state index is -4.01. The summed E-state index contributed by atoms with van der Waals surface area (Å²) < 4.78 is 39.1. The number of benzene rings is 1. The number of oxime groups is 1. The molecule has 0 aliphatic heterocycles. The van der Waals surface area contributed by atoms with Gasteiger partial charge in [0.05, 0.1) is 6.54 Å². The largest absolute Gasteiger partial charge is 0.409 e. The van der Waals surface area contributed by atoms with Crippen LogP contribution >= 0.6 is 0 Å². The first-order valence-electron chi connectivity index (χ1n) is 5.64. The highest BCUT2D eigenvalue weighted by atomic mass is 32.2. The average molecular weight is 289 g/mol. The van der Waals surface area contributed by atoms with Gasteiger partial charge in [0.1, 0.15) is 10.7 Å². The fourth-order valence-corrected chi connectivity index (χ4v) is 3.11. The van der Waals surface area contributed by atoms with Gasteiger partial charge in [0.25, 0.3) is 0 Å². The molecule has 0 aromatic heterocycles. The second-order valence-corrected chi connectivity index (χ2v) is 5.77. The van der Waals surface area contributed by atoms with E-state index in [0.717, 1.165) is 10.4 Å². The van der Waals surface area contributed by atoms with Gasteiger partial charge in [-0.05, 0) is 18.6 Å². The van der Waals surface area contributed by atoms with E-state index in [1.165, 1.54) is 18.2 Å². The highest BCUT2D eigenvalue weighted by Gasteiger charge is 2.27. The van der Waals surface area contributed by atoms with Gasteiger partial charge >= 0.3 is 0 Å². The Kier molecular flexibility index (Phi) is 5.25. The topological polar surface area (TPSA) is 96.0 Å². The zero-order valence-electron chi connectivity index (χ0n) is 10.5. The summed E-state index contributed by atoms with van der Waals surface area (Å²) in [5.41, 5.74) is 5.32. The van der Waals surface area contributed by atoms with E-state index in [-0.39, 0.29) is 18.9 Å². The molecule has 3 N–H and O–H groups in total. The predicted molar refractivity (Wildman–Crippen MR) is 68.9 cm³/mol. The van der Waals surface area contributed by atoms with Crippen molar-refractivity contribution >= 4 is 15.9 Å². The van der Waals surface area contributed by atoms with Gasteiger partial charge in [0, 0.05) is 6.54 Å². The van der Waals surface area contributed by atoms with Crippen LogP contribution < -0.4 is 5.73 Å². The Morgan fingerprint density at radius 1 is 1.47 bits per heavy atom. The van der Waals surface area contributed by atoms with Gasteiger partial charge in [-0.3, -0.25) is 0 Å². The molecular formula is C11H16FN3O3S. The molecule has 0 radical (unpaired) electrons. The third-order valence-corrected chi connectivity index (χ3v) is 4.27. The van der Waals surface area contributed by atoms with E-state index in [2.05, 4.69) is 5.16 Å². The lowest BCUT2D eigenvalue weighted by molar-refractivity contribution is 0.314. The molecule has 0 fully saturated rings. The van der Waals surface area contributed by atoms with Crippen LogP contribution in [0.3, 0.4) is 0 Å². The molecule has 0 saturated carbocycles. The van der Waals surface area contributed by atoms with Crippen molar-refractivity contribution in [2.75, 3.05) is 13.1 Å². The summed E-state index contributed by atoms with van der Waals surface area (Å²) in [6, 6.07) is 5.09. The summed E-state index contributed by atoms with van der Waals surface area (Å²) in [5.74, 6) is -1.09. The molecule has 0 aliphatic rings. The number of hydrogen-bond donors (Lipinski definition) is 2. The average Bonchev–Trinajstić information content (AvgIpc) is 2.38. The van der Waals surface area contributed by atoms with Gasteiger partial charge in [-0.25, -0.2) is 12.8 Å².